The van der Waals surface area contributed by atoms with E-state index in [-0.39, 0.29) is 6.61 Å². The average molecular weight is 341 g/mol. The third-order valence-electron chi connectivity index (χ3n) is 4.76. The molecule has 3 rings (SSSR count). The van der Waals surface area contributed by atoms with Crippen LogP contribution in [0.5, 0.6) is 11.5 Å². The lowest BCUT2D eigenvalue weighted by molar-refractivity contribution is 0.106. The smallest absolute Gasteiger partial charge is 0.161 e. The van der Waals surface area contributed by atoms with Gasteiger partial charge in [0.05, 0.1) is 7.11 Å². The molecular weight excluding hydrogens is 314 g/mol. The molecule has 1 aliphatic rings. The topological polar surface area (TPSA) is 50.7 Å². The van der Waals surface area contributed by atoms with Gasteiger partial charge in [-0.25, -0.2) is 0 Å². The number of methoxy groups -OCH3 is 1. The Morgan fingerprint density at radius 3 is 2.56 bits per heavy atom. The zero-order valence-corrected chi connectivity index (χ0v) is 14.8. The van der Waals surface area contributed by atoms with E-state index in [0.717, 1.165) is 12.1 Å². The van der Waals surface area contributed by atoms with Gasteiger partial charge in [-0.3, -0.25) is 0 Å². The van der Waals surface area contributed by atoms with Gasteiger partial charge in [0.1, 0.15) is 12.7 Å². The average Bonchev–Trinajstić information content (AvgIpc) is 3.19. The number of ether oxygens (including phenoxy) is 2. The van der Waals surface area contributed by atoms with Crippen LogP contribution in [0.3, 0.4) is 0 Å². The van der Waals surface area contributed by atoms with Gasteiger partial charge in [0.2, 0.25) is 0 Å². The molecule has 0 aliphatic heterocycles. The van der Waals surface area contributed by atoms with Crippen molar-refractivity contribution < 1.29 is 14.6 Å². The lowest BCUT2D eigenvalue weighted by atomic mass is 10.1. The van der Waals surface area contributed by atoms with Crippen LogP contribution in [0.1, 0.15) is 42.9 Å². The van der Waals surface area contributed by atoms with E-state index in [2.05, 4.69) is 11.4 Å². The highest BCUT2D eigenvalue weighted by Crippen LogP contribution is 2.29. The quantitative estimate of drug-likeness (QED) is 0.766. The highest BCUT2D eigenvalue weighted by molar-refractivity contribution is 5.43. The fraction of sp³-hybridized carbons (Fsp3) is 0.429. The normalized spacial score (nSPS) is 15.9. The molecule has 0 heterocycles. The molecule has 2 N–H and O–H groups in total. The first-order valence-corrected chi connectivity index (χ1v) is 9.02. The van der Waals surface area contributed by atoms with E-state index < -0.39 is 6.10 Å². The van der Waals surface area contributed by atoms with Crippen molar-refractivity contribution in [3.05, 3.63) is 59.7 Å². The van der Waals surface area contributed by atoms with E-state index in [1.807, 2.05) is 42.5 Å². The number of nitrogens with one attached hydrogen (secondary N) is 1. The van der Waals surface area contributed by atoms with Crippen LogP contribution in [-0.4, -0.2) is 24.9 Å². The second kappa shape index (κ2) is 8.88. The summed E-state index contributed by atoms with van der Waals surface area (Å²) in [6.45, 7) is 1.04. The third-order valence-corrected chi connectivity index (χ3v) is 4.76. The first kappa shape index (κ1) is 17.8. The van der Waals surface area contributed by atoms with Crippen molar-refractivity contribution in [1.29, 1.82) is 0 Å². The molecule has 4 heteroatoms. The summed E-state index contributed by atoms with van der Waals surface area (Å²) in [5.41, 5.74) is 2.03. The van der Waals surface area contributed by atoms with Gasteiger partial charge in [-0.05, 0) is 36.1 Å². The van der Waals surface area contributed by atoms with Crippen LogP contribution >= 0.6 is 0 Å². The zero-order chi connectivity index (χ0) is 17.5. The Hall–Kier alpha value is -2.04. The van der Waals surface area contributed by atoms with Crippen molar-refractivity contribution >= 4 is 0 Å². The largest absolute Gasteiger partial charge is 0.493 e. The van der Waals surface area contributed by atoms with E-state index in [1.165, 1.54) is 31.2 Å². The van der Waals surface area contributed by atoms with Crippen LogP contribution in [0.15, 0.2) is 48.5 Å². The molecule has 0 radical (unpaired) electrons. The number of benzene rings is 2. The Balaban J connectivity index is 1.57. The molecule has 25 heavy (non-hydrogen) atoms. The van der Waals surface area contributed by atoms with E-state index in [1.54, 1.807) is 7.11 Å². The Morgan fingerprint density at radius 2 is 1.84 bits per heavy atom. The highest BCUT2D eigenvalue weighted by Gasteiger charge is 2.15. The van der Waals surface area contributed by atoms with Crippen molar-refractivity contribution in [2.24, 2.45) is 0 Å². The molecule has 0 bridgehead atoms. The minimum atomic E-state index is -0.658. The summed E-state index contributed by atoms with van der Waals surface area (Å²) < 4.78 is 11.2. The lowest BCUT2D eigenvalue weighted by Crippen LogP contribution is -2.25. The van der Waals surface area contributed by atoms with Crippen LogP contribution < -0.4 is 14.8 Å². The molecule has 1 atom stereocenters. The predicted octanol–water partition coefficient (Wildman–Crippen LogP) is 3.84. The molecule has 1 aliphatic carbocycles. The number of hydrogen-bond acceptors (Lipinski definition) is 4. The number of hydrogen-bond donors (Lipinski definition) is 2. The van der Waals surface area contributed by atoms with Crippen LogP contribution in [0, 0.1) is 0 Å². The van der Waals surface area contributed by atoms with Gasteiger partial charge in [-0.15, -0.1) is 0 Å². The Bertz CT molecular complexity index is 653. The van der Waals surface area contributed by atoms with Gasteiger partial charge in [0, 0.05) is 12.6 Å². The van der Waals surface area contributed by atoms with Crippen molar-refractivity contribution in [2.75, 3.05) is 13.7 Å². The first-order chi connectivity index (χ1) is 12.3. The molecule has 1 saturated carbocycles. The SMILES string of the molecule is COc1cc(CNC2CCCC2)ccc1OC[C@H](O)c1ccccc1. The van der Waals surface area contributed by atoms with E-state index in [4.69, 9.17) is 9.47 Å². The van der Waals surface area contributed by atoms with Crippen LogP contribution in [0.2, 0.25) is 0 Å². The summed E-state index contributed by atoms with van der Waals surface area (Å²) in [4.78, 5) is 0. The molecule has 0 spiro atoms. The summed E-state index contributed by atoms with van der Waals surface area (Å²) in [5.74, 6) is 1.35. The molecule has 2 aromatic rings. The number of aliphatic hydroxyl groups is 1. The molecule has 0 saturated heterocycles. The van der Waals surface area contributed by atoms with Crippen LogP contribution in [-0.2, 0) is 6.54 Å². The Labute approximate surface area is 149 Å². The van der Waals surface area contributed by atoms with E-state index in [9.17, 15) is 5.11 Å². The van der Waals surface area contributed by atoms with Gasteiger partial charge >= 0.3 is 0 Å². The van der Waals surface area contributed by atoms with Crippen LogP contribution in [0.4, 0.5) is 0 Å². The molecule has 134 valence electrons. The molecule has 0 unspecified atom stereocenters. The van der Waals surface area contributed by atoms with Gasteiger partial charge in [0.25, 0.3) is 0 Å². The summed E-state index contributed by atoms with van der Waals surface area (Å²) in [6, 6.07) is 16.1. The predicted molar refractivity (Wildman–Crippen MR) is 99.0 cm³/mol. The molecule has 1 fully saturated rings. The summed E-state index contributed by atoms with van der Waals surface area (Å²) in [5, 5.41) is 13.8. The highest BCUT2D eigenvalue weighted by atomic mass is 16.5. The summed E-state index contributed by atoms with van der Waals surface area (Å²) in [6.07, 6.45) is 4.55. The second-order valence-corrected chi connectivity index (χ2v) is 6.58. The zero-order valence-electron chi connectivity index (χ0n) is 14.8. The summed E-state index contributed by atoms with van der Waals surface area (Å²) in [7, 11) is 1.64. The van der Waals surface area contributed by atoms with E-state index >= 15 is 0 Å². The molecular formula is C21H27NO3. The Morgan fingerprint density at radius 1 is 1.08 bits per heavy atom. The fourth-order valence-electron chi connectivity index (χ4n) is 3.27. The van der Waals surface area contributed by atoms with Gasteiger partial charge < -0.3 is 19.9 Å². The lowest BCUT2D eigenvalue weighted by Gasteiger charge is -2.16. The number of aliphatic hydroxyl groups excluding tert-OH is 1. The first-order valence-electron chi connectivity index (χ1n) is 9.02. The van der Waals surface area contributed by atoms with Crippen LogP contribution in [0.25, 0.3) is 0 Å². The second-order valence-electron chi connectivity index (χ2n) is 6.58. The van der Waals surface area contributed by atoms with Gasteiger partial charge in [0.15, 0.2) is 11.5 Å². The van der Waals surface area contributed by atoms with Crippen molar-refractivity contribution in [3.8, 4) is 11.5 Å². The number of rotatable bonds is 8. The standard InChI is InChI=1S/C21H27NO3/c1-24-21-13-16(14-22-18-9-5-6-10-18)11-12-20(21)25-15-19(23)17-7-3-2-4-8-17/h2-4,7-8,11-13,18-19,22-23H,5-6,9-10,14-15H2,1H3/t19-/m0/s1. The van der Waals surface area contributed by atoms with Gasteiger partial charge in [-0.1, -0.05) is 49.2 Å². The molecule has 0 amide bonds. The molecule has 2 aromatic carbocycles. The minimum Gasteiger partial charge on any atom is -0.493 e. The van der Waals surface area contributed by atoms with E-state index in [0.29, 0.717) is 17.5 Å². The summed E-state index contributed by atoms with van der Waals surface area (Å²) >= 11 is 0. The van der Waals surface area contributed by atoms with Crippen molar-refractivity contribution in [2.45, 2.75) is 44.4 Å². The van der Waals surface area contributed by atoms with Crippen molar-refractivity contribution in [3.63, 3.8) is 0 Å². The van der Waals surface area contributed by atoms with Crippen molar-refractivity contribution in [1.82, 2.24) is 5.32 Å². The minimum absolute atomic E-state index is 0.194. The maximum absolute atomic E-state index is 10.2. The fourth-order valence-corrected chi connectivity index (χ4v) is 3.27. The Kier molecular flexibility index (Phi) is 6.31. The third kappa shape index (κ3) is 4.97. The van der Waals surface area contributed by atoms with Gasteiger partial charge in [-0.2, -0.15) is 0 Å². The molecule has 4 nitrogen and oxygen atoms in total. The molecule has 0 aromatic heterocycles. The maximum atomic E-state index is 10.2. The maximum Gasteiger partial charge on any atom is 0.161 e. The monoisotopic (exact) mass is 341 g/mol.